The number of hydrogen-bond acceptors (Lipinski definition) is 7. The van der Waals surface area contributed by atoms with Crippen molar-refractivity contribution in [1.82, 2.24) is 9.99 Å². The molecule has 2 aliphatic rings. The lowest BCUT2D eigenvalue weighted by atomic mass is 10.1. The fraction of sp³-hybridized carbons (Fsp3) is 0.833. The molecule has 0 saturated heterocycles. The molecular formula is C24H40N3O5P. The molecule has 2 aliphatic carbocycles. The molecule has 3 unspecified atom stereocenters. The summed E-state index contributed by atoms with van der Waals surface area (Å²) in [6, 6.07) is 2.32. The molecule has 1 N–H and O–H groups in total. The highest BCUT2D eigenvalue weighted by Gasteiger charge is 2.48. The van der Waals surface area contributed by atoms with E-state index >= 15 is 0 Å². The van der Waals surface area contributed by atoms with Gasteiger partial charge in [-0.25, -0.2) is 9.46 Å². The van der Waals surface area contributed by atoms with Crippen molar-refractivity contribution in [1.29, 1.82) is 5.26 Å². The molecule has 0 heterocycles. The Morgan fingerprint density at radius 2 is 1.82 bits per heavy atom. The van der Waals surface area contributed by atoms with E-state index < -0.39 is 5.72 Å². The zero-order chi connectivity index (χ0) is 24.1. The van der Waals surface area contributed by atoms with Gasteiger partial charge in [0.25, 0.3) is 0 Å². The highest BCUT2D eigenvalue weighted by molar-refractivity contribution is 7.29. The summed E-state index contributed by atoms with van der Waals surface area (Å²) in [4.78, 5) is 11.9. The van der Waals surface area contributed by atoms with E-state index in [2.05, 4.69) is 41.7 Å². The first-order chi connectivity index (χ1) is 15.9. The van der Waals surface area contributed by atoms with Gasteiger partial charge >= 0.3 is 6.09 Å². The van der Waals surface area contributed by atoms with Crippen molar-refractivity contribution in [2.75, 3.05) is 39.6 Å². The average molecular weight is 482 g/mol. The fourth-order valence-corrected chi connectivity index (χ4v) is 5.16. The maximum atomic E-state index is 11.9. The third kappa shape index (κ3) is 10.2. The fourth-order valence-electron chi connectivity index (χ4n) is 4.35. The lowest BCUT2D eigenvalue weighted by molar-refractivity contribution is -0.102. The lowest BCUT2D eigenvalue weighted by Gasteiger charge is -2.40. The van der Waals surface area contributed by atoms with Crippen LogP contribution < -0.4 is 5.32 Å². The molecule has 0 aliphatic heterocycles. The van der Waals surface area contributed by atoms with Crippen LogP contribution in [0.3, 0.4) is 0 Å². The van der Waals surface area contributed by atoms with Gasteiger partial charge in [-0.1, -0.05) is 0 Å². The number of nitrogens with zero attached hydrogens (tertiary/aromatic N) is 2. The molecule has 0 spiro atoms. The minimum Gasteiger partial charge on any atom is -0.447 e. The predicted octanol–water partition coefficient (Wildman–Crippen LogP) is 4.07. The van der Waals surface area contributed by atoms with Crippen LogP contribution in [-0.2, 0) is 18.7 Å². The smallest absolute Gasteiger partial charge is 0.407 e. The van der Waals surface area contributed by atoms with Crippen LogP contribution in [0.25, 0.3) is 0 Å². The maximum absolute atomic E-state index is 11.9. The van der Waals surface area contributed by atoms with Gasteiger partial charge in [-0.05, 0) is 58.3 Å². The normalized spacial score (nSPS) is 22.3. The van der Waals surface area contributed by atoms with E-state index in [9.17, 15) is 4.79 Å². The number of carbonyl (C=O) groups excluding carboxylic acids is 1. The Morgan fingerprint density at radius 3 is 2.45 bits per heavy atom. The topological polar surface area (TPSA) is 93.1 Å². The van der Waals surface area contributed by atoms with E-state index in [0.29, 0.717) is 57.1 Å². The zero-order valence-corrected chi connectivity index (χ0v) is 21.5. The number of nitriles is 1. The van der Waals surface area contributed by atoms with E-state index in [1.807, 2.05) is 13.8 Å². The summed E-state index contributed by atoms with van der Waals surface area (Å²) in [6.45, 7) is 10.6. The standard InChI is InChI=1S/C24H40N3O5P/c1-19(2)27(24(3,4)31-13-9-12-25)33-32-17-15-29-14-16-30-23(28)26-18-22-20-10-7-5-6-8-11-21(20)22/h19-22,33H,7-11,13-18H2,1-4H3,(H,26,28). The molecule has 2 rings (SSSR count). The van der Waals surface area contributed by atoms with Gasteiger partial charge in [0.15, 0.2) is 0 Å². The Bertz CT molecular complexity index is 682. The summed E-state index contributed by atoms with van der Waals surface area (Å²) in [5.41, 5.74) is -0.518. The number of rotatable bonds is 15. The van der Waals surface area contributed by atoms with Gasteiger partial charge < -0.3 is 24.1 Å². The molecule has 1 saturated carbocycles. The van der Waals surface area contributed by atoms with Crippen molar-refractivity contribution in [2.24, 2.45) is 17.8 Å². The first-order valence-corrected chi connectivity index (χ1v) is 12.8. The van der Waals surface area contributed by atoms with Crippen molar-refractivity contribution < 1.29 is 23.5 Å². The summed E-state index contributed by atoms with van der Waals surface area (Å²) in [6.07, 6.45) is 4.25. The summed E-state index contributed by atoms with van der Waals surface area (Å²) in [5.74, 6) is 8.41. The number of alkyl carbamates (subject to hydrolysis) is 1. The first-order valence-electron chi connectivity index (χ1n) is 12.0. The van der Waals surface area contributed by atoms with Gasteiger partial charge in [-0.3, -0.25) is 0 Å². The van der Waals surface area contributed by atoms with Crippen molar-refractivity contribution in [3.63, 3.8) is 0 Å². The second-order valence-corrected chi connectivity index (χ2v) is 10.1. The van der Waals surface area contributed by atoms with Gasteiger partial charge in [-0.15, -0.1) is 11.8 Å². The molecule has 0 radical (unpaired) electrons. The van der Waals surface area contributed by atoms with Gasteiger partial charge in [-0.2, -0.15) is 5.26 Å². The van der Waals surface area contributed by atoms with E-state index in [0.717, 1.165) is 25.7 Å². The summed E-state index contributed by atoms with van der Waals surface area (Å²) >= 11 is 0. The molecule has 1 fully saturated rings. The average Bonchev–Trinajstić information content (AvgIpc) is 3.39. The minimum atomic E-state index is -0.518. The highest BCUT2D eigenvalue weighted by Crippen LogP contribution is 2.51. The summed E-state index contributed by atoms with van der Waals surface area (Å²) < 4.78 is 24.4. The van der Waals surface area contributed by atoms with Crippen LogP contribution in [-0.4, -0.2) is 62.1 Å². The molecule has 0 bridgehead atoms. The van der Waals surface area contributed by atoms with E-state index in [4.69, 9.17) is 24.0 Å². The number of carbonyl (C=O) groups is 1. The van der Waals surface area contributed by atoms with E-state index in [1.165, 1.54) is 0 Å². The Morgan fingerprint density at radius 1 is 1.15 bits per heavy atom. The monoisotopic (exact) mass is 481 g/mol. The van der Waals surface area contributed by atoms with Gasteiger partial charge in [0.05, 0.1) is 47.9 Å². The number of amides is 1. The van der Waals surface area contributed by atoms with Crippen LogP contribution in [0.5, 0.6) is 0 Å². The molecule has 186 valence electrons. The van der Waals surface area contributed by atoms with Crippen molar-refractivity contribution in [3.8, 4) is 17.9 Å². The molecule has 0 aromatic heterocycles. The van der Waals surface area contributed by atoms with E-state index in [-0.39, 0.29) is 27.7 Å². The number of nitrogens with one attached hydrogen (secondary N) is 1. The maximum Gasteiger partial charge on any atom is 0.407 e. The SMILES string of the molecule is CC(C)N(POCCOCCOC(=O)NCC1C2CCC#CCCC21)C(C)(C)OCCC#N. The first kappa shape index (κ1) is 27.8. The van der Waals surface area contributed by atoms with E-state index in [1.54, 1.807) is 0 Å². The summed E-state index contributed by atoms with van der Waals surface area (Å²) in [5, 5.41) is 11.6. The van der Waals surface area contributed by atoms with Crippen molar-refractivity contribution in [3.05, 3.63) is 0 Å². The predicted molar refractivity (Wildman–Crippen MR) is 128 cm³/mol. The number of fused-ring (bicyclic) bond motifs is 1. The van der Waals surface area contributed by atoms with Crippen LogP contribution in [0.4, 0.5) is 4.79 Å². The molecule has 33 heavy (non-hydrogen) atoms. The molecule has 0 aromatic rings. The van der Waals surface area contributed by atoms with Gasteiger partial charge in [0, 0.05) is 25.4 Å². The lowest BCUT2D eigenvalue weighted by Crippen LogP contribution is -2.45. The quantitative estimate of drug-likeness (QED) is 0.163. The van der Waals surface area contributed by atoms with Gasteiger partial charge in [0.2, 0.25) is 0 Å². The third-order valence-electron chi connectivity index (χ3n) is 6.04. The second-order valence-electron chi connectivity index (χ2n) is 9.16. The van der Waals surface area contributed by atoms with Crippen LogP contribution >= 0.6 is 8.96 Å². The Hall–Kier alpha value is -1.41. The largest absolute Gasteiger partial charge is 0.447 e. The van der Waals surface area contributed by atoms with Crippen LogP contribution in [0.15, 0.2) is 0 Å². The molecule has 3 atom stereocenters. The van der Waals surface area contributed by atoms with Crippen LogP contribution in [0.1, 0.15) is 59.8 Å². The number of hydrogen-bond donors (Lipinski definition) is 1. The molecule has 1 amide bonds. The Balaban J connectivity index is 1.48. The third-order valence-corrected chi connectivity index (χ3v) is 7.63. The van der Waals surface area contributed by atoms with Gasteiger partial charge in [0.1, 0.15) is 12.3 Å². The van der Waals surface area contributed by atoms with Crippen molar-refractivity contribution >= 4 is 15.1 Å². The molecular weight excluding hydrogens is 441 g/mol. The Kier molecular flexibility index (Phi) is 12.5. The Labute approximate surface area is 200 Å². The van der Waals surface area contributed by atoms with Crippen LogP contribution in [0.2, 0.25) is 0 Å². The molecule has 9 heteroatoms. The molecule has 0 aromatic carbocycles. The minimum absolute atomic E-state index is 0.120. The van der Waals surface area contributed by atoms with Crippen molar-refractivity contribution in [2.45, 2.75) is 71.6 Å². The highest BCUT2D eigenvalue weighted by atomic mass is 31.1. The van der Waals surface area contributed by atoms with Crippen LogP contribution in [0, 0.1) is 40.9 Å². The number of ether oxygens (including phenoxy) is 3. The second kappa shape index (κ2) is 14.8. The zero-order valence-electron chi connectivity index (χ0n) is 20.5. The summed E-state index contributed by atoms with van der Waals surface area (Å²) in [7, 11) is 0.120. The molecule has 8 nitrogen and oxygen atoms in total.